The normalized spacial score (nSPS) is 12.3. The minimum Gasteiger partial charge on any atom is -0.380 e. The van der Waals surface area contributed by atoms with Crippen LogP contribution in [0.4, 0.5) is 0 Å². The number of likely N-dealkylation sites (N-methyl/N-ethyl adjacent to an activating group) is 1. The van der Waals surface area contributed by atoms with Gasteiger partial charge in [0.25, 0.3) is 0 Å². The number of hydrogen-bond donors (Lipinski definition) is 2. The summed E-state index contributed by atoms with van der Waals surface area (Å²) in [7, 11) is 1.59. The zero-order valence-electron chi connectivity index (χ0n) is 11.8. The maximum atomic E-state index is 10.9. The summed E-state index contributed by atoms with van der Waals surface area (Å²) < 4.78 is 12.3. The molecule has 8 nitrogen and oxygen atoms in total. The molecule has 0 saturated heterocycles. The molecule has 8 heteroatoms. The van der Waals surface area contributed by atoms with E-state index in [0.717, 1.165) is 12.8 Å². The second kappa shape index (κ2) is 10.3. The van der Waals surface area contributed by atoms with Crippen molar-refractivity contribution in [2.24, 2.45) is 5.73 Å². The molecule has 1 amide bonds. The summed E-state index contributed by atoms with van der Waals surface area (Å²) >= 11 is 0. The number of carbonyl (C=O) groups is 1. The van der Waals surface area contributed by atoms with Gasteiger partial charge in [-0.15, -0.1) is 5.10 Å². The standard InChI is InChI=1S/C12H23N5O3/c1-14-12(18)10-20-7-3-2-6-19-9-11(13)8-17-5-4-15-16-17/h4-5,11H,2-3,6-10,13H2,1H3,(H,14,18). The van der Waals surface area contributed by atoms with Crippen molar-refractivity contribution in [2.45, 2.75) is 25.4 Å². The summed E-state index contributed by atoms with van der Waals surface area (Å²) in [6.07, 6.45) is 5.12. The van der Waals surface area contributed by atoms with E-state index in [1.807, 2.05) is 0 Å². The Morgan fingerprint density at radius 1 is 1.40 bits per heavy atom. The summed E-state index contributed by atoms with van der Waals surface area (Å²) in [4.78, 5) is 10.9. The maximum Gasteiger partial charge on any atom is 0.245 e. The summed E-state index contributed by atoms with van der Waals surface area (Å²) in [5.41, 5.74) is 5.89. The Hall–Kier alpha value is -1.51. The molecule has 114 valence electrons. The maximum absolute atomic E-state index is 10.9. The zero-order valence-corrected chi connectivity index (χ0v) is 11.8. The SMILES string of the molecule is CNC(=O)COCCCCOCC(N)Cn1ccnn1. The molecule has 0 radical (unpaired) electrons. The molecule has 20 heavy (non-hydrogen) atoms. The highest BCUT2D eigenvalue weighted by atomic mass is 16.5. The van der Waals surface area contributed by atoms with Crippen LogP contribution in [0.25, 0.3) is 0 Å². The van der Waals surface area contributed by atoms with Crippen molar-refractivity contribution in [3.05, 3.63) is 12.4 Å². The lowest BCUT2D eigenvalue weighted by Gasteiger charge is -2.11. The van der Waals surface area contributed by atoms with Gasteiger partial charge >= 0.3 is 0 Å². The van der Waals surface area contributed by atoms with Crippen LogP contribution in [0.5, 0.6) is 0 Å². The molecule has 1 aromatic rings. The van der Waals surface area contributed by atoms with E-state index >= 15 is 0 Å². The number of ether oxygens (including phenoxy) is 2. The molecule has 0 spiro atoms. The largest absolute Gasteiger partial charge is 0.380 e. The van der Waals surface area contributed by atoms with E-state index in [9.17, 15) is 4.79 Å². The van der Waals surface area contributed by atoms with Gasteiger partial charge in [-0.05, 0) is 12.8 Å². The smallest absolute Gasteiger partial charge is 0.245 e. The van der Waals surface area contributed by atoms with Crippen LogP contribution in [-0.2, 0) is 20.8 Å². The third kappa shape index (κ3) is 7.82. The zero-order chi connectivity index (χ0) is 14.6. The van der Waals surface area contributed by atoms with E-state index in [0.29, 0.717) is 26.4 Å². The molecular formula is C12H23N5O3. The van der Waals surface area contributed by atoms with E-state index in [1.165, 1.54) is 0 Å². The summed E-state index contributed by atoms with van der Waals surface area (Å²) in [5, 5.41) is 10.0. The van der Waals surface area contributed by atoms with E-state index in [4.69, 9.17) is 15.2 Å². The number of nitrogens with zero attached hydrogens (tertiary/aromatic N) is 3. The van der Waals surface area contributed by atoms with Gasteiger partial charge < -0.3 is 20.5 Å². The quantitative estimate of drug-likeness (QED) is 0.514. The monoisotopic (exact) mass is 285 g/mol. The van der Waals surface area contributed by atoms with Crippen molar-refractivity contribution >= 4 is 5.91 Å². The number of unbranched alkanes of at least 4 members (excludes halogenated alkanes) is 1. The van der Waals surface area contributed by atoms with Crippen LogP contribution in [0, 0.1) is 0 Å². The van der Waals surface area contributed by atoms with Gasteiger partial charge in [0.05, 0.1) is 19.3 Å². The van der Waals surface area contributed by atoms with Crippen molar-refractivity contribution in [2.75, 3.05) is 33.5 Å². The van der Waals surface area contributed by atoms with Crippen LogP contribution >= 0.6 is 0 Å². The molecule has 0 bridgehead atoms. The molecular weight excluding hydrogens is 262 g/mol. The number of nitrogens with two attached hydrogens (primary N) is 1. The second-order valence-electron chi connectivity index (χ2n) is 4.39. The number of rotatable bonds is 11. The van der Waals surface area contributed by atoms with Crippen LogP contribution in [0.2, 0.25) is 0 Å². The Labute approximate surface area is 118 Å². The van der Waals surface area contributed by atoms with Gasteiger partial charge in [-0.1, -0.05) is 5.21 Å². The Kier molecular flexibility index (Phi) is 8.52. The van der Waals surface area contributed by atoms with Gasteiger partial charge in [0.1, 0.15) is 6.61 Å². The first-order valence-corrected chi connectivity index (χ1v) is 6.68. The van der Waals surface area contributed by atoms with Gasteiger partial charge in [-0.3, -0.25) is 9.48 Å². The first-order valence-electron chi connectivity index (χ1n) is 6.68. The van der Waals surface area contributed by atoms with Gasteiger partial charge in [0.15, 0.2) is 0 Å². The Morgan fingerprint density at radius 2 is 2.15 bits per heavy atom. The number of hydrogen-bond acceptors (Lipinski definition) is 6. The predicted molar refractivity (Wildman–Crippen MR) is 72.9 cm³/mol. The average molecular weight is 285 g/mol. The highest BCUT2D eigenvalue weighted by Crippen LogP contribution is 1.94. The van der Waals surface area contributed by atoms with Crippen molar-refractivity contribution in [3.63, 3.8) is 0 Å². The highest BCUT2D eigenvalue weighted by molar-refractivity contribution is 5.76. The van der Waals surface area contributed by atoms with E-state index in [2.05, 4.69) is 15.6 Å². The Morgan fingerprint density at radius 3 is 2.80 bits per heavy atom. The lowest BCUT2D eigenvalue weighted by molar-refractivity contribution is -0.125. The molecule has 0 aromatic carbocycles. The van der Waals surface area contributed by atoms with Crippen molar-refractivity contribution in [1.29, 1.82) is 0 Å². The van der Waals surface area contributed by atoms with Crippen LogP contribution < -0.4 is 11.1 Å². The van der Waals surface area contributed by atoms with Crippen LogP contribution in [0.15, 0.2) is 12.4 Å². The third-order valence-electron chi connectivity index (χ3n) is 2.56. The Balaban J connectivity index is 1.88. The fourth-order valence-electron chi connectivity index (χ4n) is 1.50. The van der Waals surface area contributed by atoms with Crippen LogP contribution in [-0.4, -0.2) is 60.4 Å². The average Bonchev–Trinajstić information content (AvgIpc) is 2.94. The van der Waals surface area contributed by atoms with Gasteiger partial charge in [0.2, 0.25) is 5.91 Å². The van der Waals surface area contributed by atoms with E-state index in [-0.39, 0.29) is 18.6 Å². The number of carbonyl (C=O) groups excluding carboxylic acids is 1. The first kappa shape index (κ1) is 16.5. The number of aromatic nitrogens is 3. The molecule has 0 aliphatic heterocycles. The summed E-state index contributed by atoms with van der Waals surface area (Å²) in [6.45, 7) is 2.38. The van der Waals surface area contributed by atoms with E-state index < -0.39 is 0 Å². The van der Waals surface area contributed by atoms with Crippen molar-refractivity contribution < 1.29 is 14.3 Å². The third-order valence-corrected chi connectivity index (χ3v) is 2.56. The molecule has 0 aliphatic rings. The van der Waals surface area contributed by atoms with Crippen molar-refractivity contribution in [3.8, 4) is 0 Å². The van der Waals surface area contributed by atoms with Gasteiger partial charge in [0, 0.05) is 32.5 Å². The molecule has 1 atom stereocenters. The fourth-order valence-corrected chi connectivity index (χ4v) is 1.50. The molecule has 1 aromatic heterocycles. The van der Waals surface area contributed by atoms with Crippen LogP contribution in [0.1, 0.15) is 12.8 Å². The molecule has 1 rings (SSSR count). The lowest BCUT2D eigenvalue weighted by atomic mass is 10.3. The fraction of sp³-hybridized carbons (Fsp3) is 0.750. The molecule has 1 unspecified atom stereocenters. The van der Waals surface area contributed by atoms with Gasteiger partial charge in [-0.25, -0.2) is 0 Å². The predicted octanol–water partition coefficient (Wildman–Crippen LogP) is -0.835. The minimum atomic E-state index is -0.111. The van der Waals surface area contributed by atoms with E-state index in [1.54, 1.807) is 24.1 Å². The number of amides is 1. The first-order chi connectivity index (χ1) is 9.72. The second-order valence-corrected chi connectivity index (χ2v) is 4.39. The molecule has 0 fully saturated rings. The van der Waals surface area contributed by atoms with Crippen molar-refractivity contribution in [1.82, 2.24) is 20.3 Å². The molecule has 0 saturated carbocycles. The minimum absolute atomic E-state index is 0.0961. The number of nitrogens with one attached hydrogen (secondary N) is 1. The molecule has 3 N–H and O–H groups in total. The highest BCUT2D eigenvalue weighted by Gasteiger charge is 2.04. The lowest BCUT2D eigenvalue weighted by Crippen LogP contribution is -2.31. The molecule has 0 aliphatic carbocycles. The Bertz CT molecular complexity index is 358. The summed E-state index contributed by atoms with van der Waals surface area (Å²) in [6, 6.07) is -0.0961. The molecule has 1 heterocycles. The van der Waals surface area contributed by atoms with Gasteiger partial charge in [-0.2, -0.15) is 0 Å². The summed E-state index contributed by atoms with van der Waals surface area (Å²) in [5.74, 6) is -0.111. The van der Waals surface area contributed by atoms with Crippen LogP contribution in [0.3, 0.4) is 0 Å². The topological polar surface area (TPSA) is 104 Å².